The van der Waals surface area contributed by atoms with Crippen LogP contribution in [0.4, 0.5) is 17.1 Å². The molecule has 2 N–H and O–H groups in total. The molecule has 3 aliphatic heterocycles. The van der Waals surface area contributed by atoms with Crippen LogP contribution in [0.5, 0.6) is 0 Å². The third kappa shape index (κ3) is 10.4. The number of nitrogens with one attached hydrogen (secondary N) is 2. The Morgan fingerprint density at radius 3 is 2.40 bits per heavy atom. The maximum Gasteiger partial charge on any atom is 0.293 e. The van der Waals surface area contributed by atoms with E-state index in [-0.39, 0.29) is 34.0 Å². The minimum absolute atomic E-state index is 0.142. The van der Waals surface area contributed by atoms with E-state index >= 15 is 0 Å². The van der Waals surface area contributed by atoms with Gasteiger partial charge in [0.15, 0.2) is 0 Å². The molecule has 316 valence electrons. The van der Waals surface area contributed by atoms with Crippen molar-refractivity contribution in [3.8, 4) is 0 Å². The van der Waals surface area contributed by atoms with Crippen molar-refractivity contribution in [3.63, 3.8) is 0 Å². The Balaban J connectivity index is 0.877. The van der Waals surface area contributed by atoms with Gasteiger partial charge in [0.25, 0.3) is 21.6 Å². The number of carbonyl (C=O) groups is 1. The molecule has 0 saturated carbocycles. The molecule has 0 unspecified atom stereocenters. The smallest absolute Gasteiger partial charge is 0.293 e. The molecule has 4 aromatic rings. The largest absolute Gasteiger partial charge is 0.376 e. The molecule has 3 fully saturated rings. The summed E-state index contributed by atoms with van der Waals surface area (Å²) in [5.74, 6) is -0.164. The molecule has 15 heteroatoms. The number of carbonyl (C=O) groups excluding carboxylic acids is 1. The zero-order valence-electron chi connectivity index (χ0n) is 33.5. The van der Waals surface area contributed by atoms with E-state index in [1.54, 1.807) is 23.9 Å². The van der Waals surface area contributed by atoms with E-state index in [0.717, 1.165) is 99.8 Å². The molecular formula is C45H51ClN6O6S2. The summed E-state index contributed by atoms with van der Waals surface area (Å²) in [5.41, 5.74) is 5.19. The van der Waals surface area contributed by atoms with E-state index in [1.165, 1.54) is 41.7 Å². The van der Waals surface area contributed by atoms with Crippen molar-refractivity contribution in [2.75, 3.05) is 68.4 Å². The zero-order chi connectivity index (χ0) is 41.6. The van der Waals surface area contributed by atoms with Crippen LogP contribution in [-0.4, -0.2) is 105 Å². The number of amides is 1. The van der Waals surface area contributed by atoms with Crippen molar-refractivity contribution < 1.29 is 22.9 Å². The number of nitro groups is 1. The lowest BCUT2D eigenvalue weighted by molar-refractivity contribution is -0.384. The summed E-state index contributed by atoms with van der Waals surface area (Å²) in [4.78, 5) is 32.9. The van der Waals surface area contributed by atoms with E-state index in [1.807, 2.05) is 54.6 Å². The van der Waals surface area contributed by atoms with E-state index in [0.29, 0.717) is 11.8 Å². The second kappa shape index (κ2) is 19.1. The molecule has 1 amide bonds. The average molecular weight is 872 g/mol. The SMILES string of the molecule is O=C(NS(=O)(=O)c1ccc(N[C@H](CCN2C[C@H]3C[C@@H]2CO3)CSc2ccccc2)c([N+](=O)[O-])c1)c1ccc(N2CCN(CC3=C(c4ccc(Cl)cc4)CCCC3)CC2)cc1. The van der Waals surface area contributed by atoms with Gasteiger partial charge in [-0.1, -0.05) is 47.5 Å². The van der Waals surface area contributed by atoms with Crippen molar-refractivity contribution in [3.05, 3.63) is 129 Å². The van der Waals surface area contributed by atoms with Crippen LogP contribution in [0.3, 0.4) is 0 Å². The number of hydrogen-bond acceptors (Lipinski definition) is 11. The first-order chi connectivity index (χ1) is 29.1. The highest BCUT2D eigenvalue weighted by atomic mass is 35.5. The van der Waals surface area contributed by atoms with Crippen LogP contribution in [-0.2, 0) is 14.8 Å². The van der Waals surface area contributed by atoms with Gasteiger partial charge in [-0.05, 0) is 110 Å². The van der Waals surface area contributed by atoms with Gasteiger partial charge < -0.3 is 15.0 Å². The monoisotopic (exact) mass is 870 g/mol. The molecule has 2 bridgehead atoms. The quantitative estimate of drug-likeness (QED) is 0.0645. The van der Waals surface area contributed by atoms with Crippen molar-refractivity contribution in [1.82, 2.24) is 14.5 Å². The first-order valence-electron chi connectivity index (χ1n) is 20.8. The number of halogens is 1. The number of rotatable bonds is 16. The number of anilines is 2. The summed E-state index contributed by atoms with van der Waals surface area (Å²) >= 11 is 7.82. The van der Waals surface area contributed by atoms with Crippen LogP contribution >= 0.6 is 23.4 Å². The summed E-state index contributed by atoms with van der Waals surface area (Å²) < 4.78 is 34.8. The Bertz CT molecular complexity index is 2290. The molecule has 0 aromatic heterocycles. The summed E-state index contributed by atoms with van der Waals surface area (Å²) in [5, 5.41) is 16.5. The molecular weight excluding hydrogens is 820 g/mol. The van der Waals surface area contributed by atoms with E-state index in [9.17, 15) is 23.3 Å². The number of thioether (sulfide) groups is 1. The second-order valence-corrected chi connectivity index (χ2v) is 19.3. The van der Waals surface area contributed by atoms with Crippen molar-refractivity contribution in [2.24, 2.45) is 0 Å². The Morgan fingerprint density at radius 1 is 0.950 bits per heavy atom. The summed E-state index contributed by atoms with van der Waals surface area (Å²) in [6.07, 6.45) is 6.66. The number of hydrogen-bond donors (Lipinski definition) is 2. The van der Waals surface area contributed by atoms with Crippen LogP contribution in [0.2, 0.25) is 5.02 Å². The lowest BCUT2D eigenvalue weighted by atomic mass is 9.87. The Kier molecular flexibility index (Phi) is 13.4. The number of morpholine rings is 1. The summed E-state index contributed by atoms with van der Waals surface area (Å²) in [6.45, 7) is 6.84. The number of likely N-dealkylation sites (tertiary alicyclic amines) is 1. The predicted octanol–water partition coefficient (Wildman–Crippen LogP) is 7.95. The van der Waals surface area contributed by atoms with Gasteiger partial charge in [-0.15, -0.1) is 11.8 Å². The fraction of sp³-hybridized carbons (Fsp3) is 0.400. The molecule has 8 rings (SSSR count). The maximum absolute atomic E-state index is 13.5. The minimum Gasteiger partial charge on any atom is -0.376 e. The topological polar surface area (TPSA) is 137 Å². The van der Waals surface area contributed by atoms with Gasteiger partial charge in [0.1, 0.15) is 5.69 Å². The van der Waals surface area contributed by atoms with Crippen molar-refractivity contribution in [1.29, 1.82) is 0 Å². The molecule has 4 aliphatic rings. The summed E-state index contributed by atoms with van der Waals surface area (Å²) in [7, 11) is -4.43. The van der Waals surface area contributed by atoms with Crippen molar-refractivity contribution >= 4 is 61.9 Å². The minimum atomic E-state index is -4.43. The van der Waals surface area contributed by atoms with E-state index in [2.05, 4.69) is 36.9 Å². The number of ether oxygens (including phenoxy) is 1. The van der Waals surface area contributed by atoms with Crippen LogP contribution in [0, 0.1) is 10.1 Å². The standard InChI is InChI=1S/C45H51ClN6O6S2/c46-35-14-10-32(11-15-35)42-9-5-4-6-34(42)28-49-22-24-50(25-23-49)37-16-12-33(13-17-37)45(53)48-60(56,57)41-18-19-43(44(27-41)52(54)55)47-36(31-59-40-7-2-1-3-8-40)20-21-51-29-39-26-38(51)30-58-39/h1-3,7-8,10-19,27,36,38-39,47H,4-6,9,20-26,28-31H2,(H,48,53)/t36-,38-,39-/m1/s1. The fourth-order valence-corrected chi connectivity index (χ4v) is 10.9. The third-order valence-electron chi connectivity index (χ3n) is 12.1. The highest BCUT2D eigenvalue weighted by Crippen LogP contribution is 2.35. The van der Waals surface area contributed by atoms with E-state index in [4.69, 9.17) is 16.3 Å². The van der Waals surface area contributed by atoms with Gasteiger partial charge in [-0.2, -0.15) is 0 Å². The van der Waals surface area contributed by atoms with Crippen LogP contribution in [0.1, 0.15) is 54.4 Å². The Morgan fingerprint density at radius 2 is 1.70 bits per heavy atom. The normalized spacial score (nSPS) is 20.3. The van der Waals surface area contributed by atoms with Gasteiger partial charge in [0, 0.05) is 90.9 Å². The maximum atomic E-state index is 13.5. The summed E-state index contributed by atoms with van der Waals surface area (Å²) in [6, 6.07) is 29.0. The van der Waals surface area contributed by atoms with E-state index < -0.39 is 20.9 Å². The first kappa shape index (κ1) is 42.3. The molecule has 12 nitrogen and oxygen atoms in total. The van der Waals surface area contributed by atoms with Crippen molar-refractivity contribution in [2.45, 2.75) is 66.5 Å². The highest BCUT2D eigenvalue weighted by Gasteiger charge is 2.39. The molecule has 3 saturated heterocycles. The molecule has 3 atom stereocenters. The highest BCUT2D eigenvalue weighted by molar-refractivity contribution is 7.99. The van der Waals surface area contributed by atoms with Gasteiger partial charge >= 0.3 is 0 Å². The fourth-order valence-electron chi connectivity index (χ4n) is 8.80. The molecule has 0 radical (unpaired) electrons. The molecule has 3 heterocycles. The first-order valence-corrected chi connectivity index (χ1v) is 23.6. The predicted molar refractivity (Wildman–Crippen MR) is 239 cm³/mol. The third-order valence-corrected chi connectivity index (χ3v) is 14.8. The molecule has 1 aliphatic carbocycles. The number of nitro benzene ring substituents is 1. The number of sulfonamides is 1. The average Bonchev–Trinajstić information content (AvgIpc) is 3.90. The van der Waals surface area contributed by atoms with Gasteiger partial charge in [0.2, 0.25) is 0 Å². The molecule has 60 heavy (non-hydrogen) atoms. The van der Waals surface area contributed by atoms with Gasteiger partial charge in [0.05, 0.1) is 22.5 Å². The Labute approximate surface area is 361 Å². The molecule has 4 aromatic carbocycles. The number of nitrogens with zero attached hydrogens (tertiary/aromatic N) is 4. The number of piperazine rings is 1. The number of fused-ring (bicyclic) bond motifs is 2. The lowest BCUT2D eigenvalue weighted by Gasteiger charge is -2.37. The van der Waals surface area contributed by atoms with Gasteiger partial charge in [-0.3, -0.25) is 24.7 Å². The van der Waals surface area contributed by atoms with Gasteiger partial charge in [-0.25, -0.2) is 13.1 Å². The number of allylic oxidation sites excluding steroid dienone is 1. The lowest BCUT2D eigenvalue weighted by Crippen LogP contribution is -2.47. The van der Waals surface area contributed by atoms with Crippen LogP contribution in [0.25, 0.3) is 5.57 Å². The Hall–Kier alpha value is -4.44. The number of benzene rings is 4. The second-order valence-electron chi connectivity index (χ2n) is 16.1. The zero-order valence-corrected chi connectivity index (χ0v) is 35.9. The molecule has 0 spiro atoms. The van der Waals surface area contributed by atoms with Crippen LogP contribution < -0.4 is 14.9 Å². The van der Waals surface area contributed by atoms with Crippen LogP contribution in [0.15, 0.2) is 112 Å².